The number of aryl methyl sites for hydroxylation is 1. The molecule has 0 amide bonds. The van der Waals surface area contributed by atoms with E-state index in [0.717, 1.165) is 38.2 Å². The Hall–Kier alpha value is -0.720. The molecule has 2 aliphatic heterocycles. The summed E-state index contributed by atoms with van der Waals surface area (Å²) in [5.74, 6) is 0. The second kappa shape index (κ2) is 5.18. The van der Waals surface area contributed by atoms with Crippen LogP contribution in [0.15, 0.2) is 6.07 Å². The summed E-state index contributed by atoms with van der Waals surface area (Å²) in [6.07, 6.45) is 2.21. The van der Waals surface area contributed by atoms with Gasteiger partial charge in [-0.25, -0.2) is 8.93 Å². The van der Waals surface area contributed by atoms with Crippen molar-refractivity contribution in [1.82, 2.24) is 19.8 Å². The molecule has 1 fully saturated rings. The van der Waals surface area contributed by atoms with Crippen molar-refractivity contribution in [3.8, 4) is 0 Å². The van der Waals surface area contributed by atoms with Gasteiger partial charge in [-0.2, -0.15) is 5.10 Å². The average molecular weight is 310 g/mol. The van der Waals surface area contributed by atoms with E-state index in [-0.39, 0.29) is 16.2 Å². The van der Waals surface area contributed by atoms with Crippen LogP contribution in [-0.2, 0) is 17.5 Å². The molecule has 1 spiro atoms. The van der Waals surface area contributed by atoms with Crippen molar-refractivity contribution in [3.63, 3.8) is 0 Å². The number of nitrogens with zero attached hydrogens (tertiary/aromatic N) is 2. The Kier molecular flexibility index (Phi) is 3.74. The lowest BCUT2D eigenvalue weighted by molar-refractivity contribution is 0.150. The van der Waals surface area contributed by atoms with Gasteiger partial charge in [-0.1, -0.05) is 0 Å². The number of nitrogens with one attached hydrogen (secondary N) is 2. The first kappa shape index (κ1) is 15.2. The van der Waals surface area contributed by atoms with Gasteiger partial charge < -0.3 is 5.32 Å². The molecule has 2 N–H and O–H groups in total. The number of hydrogen-bond donors (Lipinski definition) is 2. The summed E-state index contributed by atoms with van der Waals surface area (Å²) in [7, 11) is -1.06. The predicted octanol–water partition coefficient (Wildman–Crippen LogP) is 1.67. The molecule has 0 aromatic carbocycles. The quantitative estimate of drug-likeness (QED) is 0.873. The Labute approximate surface area is 129 Å². The molecule has 118 valence electrons. The molecule has 3 rings (SSSR count). The molecule has 1 aromatic heterocycles. The fraction of sp³-hybridized carbons (Fsp3) is 0.800. The Morgan fingerprint density at radius 2 is 2.10 bits per heavy atom. The predicted molar refractivity (Wildman–Crippen MR) is 85.3 cm³/mol. The van der Waals surface area contributed by atoms with E-state index in [9.17, 15) is 4.21 Å². The maximum absolute atomic E-state index is 12.6. The first-order valence-electron chi connectivity index (χ1n) is 7.75. The molecule has 21 heavy (non-hydrogen) atoms. The van der Waals surface area contributed by atoms with E-state index in [0.29, 0.717) is 0 Å². The second-order valence-corrected chi connectivity index (χ2v) is 9.41. The van der Waals surface area contributed by atoms with Crippen LogP contribution >= 0.6 is 0 Å². The van der Waals surface area contributed by atoms with Gasteiger partial charge in [-0.15, -0.1) is 0 Å². The fourth-order valence-electron chi connectivity index (χ4n) is 3.47. The summed E-state index contributed by atoms with van der Waals surface area (Å²) < 4.78 is 17.9. The molecule has 0 radical (unpaired) electrons. The normalized spacial score (nSPS) is 26.0. The third kappa shape index (κ3) is 2.69. The van der Waals surface area contributed by atoms with Crippen LogP contribution in [0.3, 0.4) is 0 Å². The van der Waals surface area contributed by atoms with Gasteiger partial charge in [-0.3, -0.25) is 4.68 Å². The van der Waals surface area contributed by atoms with E-state index >= 15 is 0 Å². The molecule has 0 bridgehead atoms. The highest BCUT2D eigenvalue weighted by Gasteiger charge is 2.48. The van der Waals surface area contributed by atoms with E-state index < -0.39 is 11.0 Å². The van der Waals surface area contributed by atoms with Gasteiger partial charge in [-0.05, 0) is 59.7 Å². The molecular weight excluding hydrogens is 284 g/mol. The van der Waals surface area contributed by atoms with Crippen molar-refractivity contribution in [3.05, 3.63) is 17.5 Å². The zero-order valence-corrected chi connectivity index (χ0v) is 14.2. The van der Waals surface area contributed by atoms with Gasteiger partial charge in [0.05, 0.1) is 33.2 Å². The van der Waals surface area contributed by atoms with Crippen LogP contribution < -0.4 is 10.0 Å². The van der Waals surface area contributed by atoms with Gasteiger partial charge in [0, 0.05) is 12.0 Å². The lowest BCUT2D eigenvalue weighted by Crippen LogP contribution is -2.46. The maximum Gasteiger partial charge on any atom is 0.0976 e. The first-order chi connectivity index (χ1) is 9.82. The highest BCUT2D eigenvalue weighted by molar-refractivity contribution is 7.84. The first-order valence-corrected chi connectivity index (χ1v) is 8.90. The van der Waals surface area contributed by atoms with E-state index in [1.54, 1.807) is 0 Å². The van der Waals surface area contributed by atoms with Crippen LogP contribution in [-0.4, -0.2) is 31.8 Å². The molecule has 2 atom stereocenters. The summed E-state index contributed by atoms with van der Waals surface area (Å²) >= 11 is 0. The third-order valence-electron chi connectivity index (χ3n) is 4.69. The Balaban J connectivity index is 1.92. The molecule has 3 heterocycles. The molecule has 1 saturated heterocycles. The van der Waals surface area contributed by atoms with Crippen molar-refractivity contribution in [2.45, 2.75) is 57.9 Å². The lowest BCUT2D eigenvalue weighted by Gasteiger charge is -2.39. The van der Waals surface area contributed by atoms with Crippen LogP contribution in [0.1, 0.15) is 51.0 Å². The Morgan fingerprint density at radius 1 is 1.43 bits per heavy atom. The van der Waals surface area contributed by atoms with Crippen molar-refractivity contribution in [2.24, 2.45) is 5.41 Å². The minimum absolute atomic E-state index is 0.140. The van der Waals surface area contributed by atoms with Gasteiger partial charge >= 0.3 is 0 Å². The van der Waals surface area contributed by atoms with Crippen molar-refractivity contribution in [2.75, 3.05) is 13.1 Å². The zero-order valence-electron chi connectivity index (χ0n) is 13.4. The molecular formula is C15H26N4OS. The molecule has 5 nitrogen and oxygen atoms in total. The van der Waals surface area contributed by atoms with Crippen LogP contribution in [0.5, 0.6) is 0 Å². The number of hydrogen-bond acceptors (Lipinski definition) is 3. The lowest BCUT2D eigenvalue weighted by atomic mass is 9.74. The second-order valence-electron chi connectivity index (χ2n) is 7.41. The SMILES string of the molecule is Cc1cc2n(n1)CC1(CCNCC1)[C@@H]2N[S@](=O)C(C)(C)C. The summed E-state index contributed by atoms with van der Waals surface area (Å²) in [4.78, 5) is 0. The Morgan fingerprint density at radius 3 is 2.71 bits per heavy atom. The van der Waals surface area contributed by atoms with Crippen molar-refractivity contribution >= 4 is 11.0 Å². The van der Waals surface area contributed by atoms with Crippen LogP contribution in [0.2, 0.25) is 0 Å². The fourth-order valence-corrected chi connectivity index (χ4v) is 4.41. The van der Waals surface area contributed by atoms with E-state index in [1.807, 2.05) is 27.7 Å². The van der Waals surface area contributed by atoms with Gasteiger partial charge in [0.1, 0.15) is 0 Å². The average Bonchev–Trinajstić information content (AvgIpc) is 2.86. The standard InChI is InChI=1S/C15H26N4OS/c1-11-9-12-13(18-21(20)14(2,3)4)15(10-19(12)17-11)5-7-16-8-6-15/h9,13,16,18H,5-8,10H2,1-4H3/t13-,21-/m1/s1. The summed E-state index contributed by atoms with van der Waals surface area (Å²) in [6, 6.07) is 2.29. The van der Waals surface area contributed by atoms with Crippen LogP contribution in [0, 0.1) is 12.3 Å². The highest BCUT2D eigenvalue weighted by atomic mass is 32.2. The van der Waals surface area contributed by atoms with Crippen LogP contribution in [0.25, 0.3) is 0 Å². The highest BCUT2D eigenvalue weighted by Crippen LogP contribution is 2.48. The monoisotopic (exact) mass is 310 g/mol. The van der Waals surface area contributed by atoms with Gasteiger partial charge in [0.2, 0.25) is 0 Å². The Bertz CT molecular complexity index is 555. The number of fused-ring (bicyclic) bond motifs is 1. The van der Waals surface area contributed by atoms with E-state index in [2.05, 4.69) is 25.9 Å². The minimum Gasteiger partial charge on any atom is -0.317 e. The molecule has 0 saturated carbocycles. The summed E-state index contributed by atoms with van der Waals surface area (Å²) in [5.41, 5.74) is 2.40. The number of piperidine rings is 1. The van der Waals surface area contributed by atoms with Crippen molar-refractivity contribution < 1.29 is 4.21 Å². The van der Waals surface area contributed by atoms with Crippen molar-refractivity contribution in [1.29, 1.82) is 0 Å². The maximum atomic E-state index is 12.6. The molecule has 6 heteroatoms. The zero-order chi connectivity index (χ0) is 15.3. The third-order valence-corrected chi connectivity index (χ3v) is 6.25. The topological polar surface area (TPSA) is 59.0 Å². The summed E-state index contributed by atoms with van der Waals surface area (Å²) in [6.45, 7) is 11.1. The van der Waals surface area contributed by atoms with Crippen LogP contribution in [0.4, 0.5) is 0 Å². The minimum atomic E-state index is -1.06. The van der Waals surface area contributed by atoms with Gasteiger partial charge in [0.25, 0.3) is 0 Å². The van der Waals surface area contributed by atoms with E-state index in [1.165, 1.54) is 5.69 Å². The molecule has 0 aliphatic carbocycles. The van der Waals surface area contributed by atoms with Gasteiger partial charge in [0.15, 0.2) is 0 Å². The van der Waals surface area contributed by atoms with E-state index in [4.69, 9.17) is 0 Å². The molecule has 1 aromatic rings. The number of aromatic nitrogens is 2. The molecule has 0 unspecified atom stereocenters. The largest absolute Gasteiger partial charge is 0.317 e. The summed E-state index contributed by atoms with van der Waals surface area (Å²) in [5, 5.41) is 8.05. The molecule has 2 aliphatic rings. The smallest absolute Gasteiger partial charge is 0.0976 e. The number of rotatable bonds is 2.